The molecular weight excluding hydrogens is 1300 g/mol. The molecule has 411 valence electrons. The molecule has 4 N–H and O–H groups in total. The van der Waals surface area contributed by atoms with E-state index in [-0.39, 0.29) is 229 Å². The van der Waals surface area contributed by atoms with Gasteiger partial charge in [0, 0.05) is 63.1 Å². The van der Waals surface area contributed by atoms with E-state index in [1.807, 2.05) is 103 Å². The van der Waals surface area contributed by atoms with Crippen LogP contribution in [0.3, 0.4) is 0 Å². The Bertz CT molecular complexity index is 3400. The molecule has 7 aromatic rings. The summed E-state index contributed by atoms with van der Waals surface area (Å²) in [4.78, 5) is 81.8. The zero-order chi connectivity index (χ0) is 55.8. The van der Waals surface area contributed by atoms with E-state index in [0.29, 0.717) is 45.9 Å². The van der Waals surface area contributed by atoms with Crippen LogP contribution in [0.25, 0.3) is 89.7 Å². The van der Waals surface area contributed by atoms with Gasteiger partial charge in [-0.25, -0.2) is 49.4 Å². The third-order valence-electron chi connectivity index (χ3n) is 9.14. The number of aromatic nitrogens is 8. The van der Waals surface area contributed by atoms with Crippen molar-refractivity contribution < 1.29 is 297 Å². The quantitative estimate of drug-likeness (QED) is 0.0258. The van der Waals surface area contributed by atoms with Gasteiger partial charge in [0.15, 0.2) is 0 Å². The maximum Gasteiger partial charge on any atom is 2.00 e. The first-order chi connectivity index (χ1) is 35.8. The second-order valence-electron chi connectivity index (χ2n) is 15.1. The fourth-order valence-electron chi connectivity index (χ4n) is 6.18. The number of hydroxylamine groups is 1. The van der Waals surface area contributed by atoms with Crippen LogP contribution in [0.15, 0.2) is 97.1 Å². The predicted octanol–water partition coefficient (Wildman–Crippen LogP) is -15.5. The van der Waals surface area contributed by atoms with Crippen LogP contribution < -0.4 is 256 Å². The molecule has 2 aliphatic heterocycles. The second-order valence-corrected chi connectivity index (χ2v) is 21.0. The van der Waals surface area contributed by atoms with Gasteiger partial charge in [-0.05, 0) is 21.5 Å². The number of hydrogen-bond acceptors (Lipinski definition) is 24. The van der Waals surface area contributed by atoms with Crippen LogP contribution in [-0.4, -0.2) is 130 Å². The number of carboxylic acids is 4. The zero-order valence-electron chi connectivity index (χ0n) is 44.1. The number of carbonyl (C=O) groups excluding carboxylic acids is 4. The number of aliphatic carboxylic acids is 4. The number of rotatable bonds is 14. The molecule has 0 saturated carbocycles. The number of nitrogens with one attached hydrogen (secondary N) is 4. The fraction of sp³-hybridized carbons (Fsp3) is 0.182. The van der Waals surface area contributed by atoms with E-state index in [1.165, 1.54) is 0 Å². The molecule has 81 heavy (non-hydrogen) atoms. The van der Waals surface area contributed by atoms with Crippen molar-refractivity contribution >= 4 is 110 Å². The van der Waals surface area contributed by atoms with E-state index in [1.54, 1.807) is 20.4 Å². The van der Waals surface area contributed by atoms with E-state index in [2.05, 4.69) is 9.32 Å². The topological polar surface area (TPSA) is 435 Å². The molecular formula is C44H40CuK4N12O16S4. The number of nitrogens with zero attached hydrogens (tertiary/aromatic N) is 8. The molecule has 0 saturated heterocycles. The van der Waals surface area contributed by atoms with Gasteiger partial charge >= 0.3 is 223 Å². The standard InChI is InChI=1S/C32H16N8.4C3H7NO4S.Cu.4K/c1-2-10-18-17(9-1)25-33-26(18)38-28-21-13-5-6-14-22(21)30(35-28)40-32-24-16-8-7-15-23(24)31(36-32)39-29-20-12-4-3-11-19(20)27(34-29)37-25;3*1-9(7,8)4-2-3(5)6;1-9-8-7-4-2-3(5)6;;;;;/h1-16H;4*4H,2H2,1H3,(H,5,6);;;;;/q-2;;;;;+2;4*+1/p-4. The Balaban J connectivity index is 0.00000129. The van der Waals surface area contributed by atoms with E-state index >= 15 is 0 Å². The van der Waals surface area contributed by atoms with Crippen LogP contribution in [0, 0.1) is 0 Å². The second kappa shape index (κ2) is 38.4. The summed E-state index contributed by atoms with van der Waals surface area (Å²) in [5, 5.41) is 42.0. The van der Waals surface area contributed by atoms with Crippen molar-refractivity contribution in [1.82, 2.24) is 59.5 Å². The van der Waals surface area contributed by atoms with Gasteiger partial charge in [-0.2, -0.15) is 5.48 Å². The first kappa shape index (κ1) is 80.1. The van der Waals surface area contributed by atoms with Crippen molar-refractivity contribution in [3.05, 3.63) is 97.1 Å². The average molecular weight is 1340 g/mol. The van der Waals surface area contributed by atoms with Crippen molar-refractivity contribution in [2.24, 2.45) is 0 Å². The molecule has 0 aliphatic carbocycles. The SMILES string of the molecule is CS(=O)(=O)NCC(=O)[O-].CS(=O)(=O)NCC(=O)[O-].CS(=O)(=O)NCC(=O)[O-].CSOONCC(=O)[O-].[Cu+2].[K+].[K+].[K+].[K+].c1ccc2c(c1)-c1nc-2nc2[n-]c(nc3nc(nc4[n-]c(n1)c1ccccc41)-c1ccccc1-3)c1ccccc21. The molecule has 0 unspecified atom stereocenters. The van der Waals surface area contributed by atoms with Crippen LogP contribution in [0.2, 0.25) is 0 Å². The third kappa shape index (κ3) is 27.4. The summed E-state index contributed by atoms with van der Waals surface area (Å²) in [5.74, 6) is -3.37. The Kier molecular flexibility index (Phi) is 38.0. The molecule has 2 aliphatic rings. The summed E-state index contributed by atoms with van der Waals surface area (Å²) >= 11 is 0.955. The largest absolute Gasteiger partial charge is 2.00 e. The van der Waals surface area contributed by atoms with E-state index < -0.39 is 73.6 Å². The van der Waals surface area contributed by atoms with E-state index in [4.69, 9.17) is 39.9 Å². The van der Waals surface area contributed by atoms with E-state index in [0.717, 1.165) is 74.6 Å². The first-order valence-electron chi connectivity index (χ1n) is 21.1. The van der Waals surface area contributed by atoms with Crippen molar-refractivity contribution in [3.8, 4) is 45.6 Å². The van der Waals surface area contributed by atoms with Crippen molar-refractivity contribution in [3.63, 3.8) is 0 Å². The Hall–Kier alpha value is -0.855. The molecule has 37 heteroatoms. The van der Waals surface area contributed by atoms with Gasteiger partial charge in [-0.1, -0.05) is 97.1 Å². The summed E-state index contributed by atoms with van der Waals surface area (Å²) < 4.78 is 70.2. The fourth-order valence-corrected chi connectivity index (χ4v) is 7.43. The van der Waals surface area contributed by atoms with Crippen LogP contribution in [0.4, 0.5) is 0 Å². The number of benzene rings is 4. The van der Waals surface area contributed by atoms with Gasteiger partial charge in [0.25, 0.3) is 0 Å². The minimum Gasteiger partial charge on any atom is -0.549 e. The number of hydrogen-bond donors (Lipinski definition) is 4. The number of carbonyl (C=O) groups is 4. The Morgan fingerprint density at radius 3 is 0.877 bits per heavy atom. The molecule has 9 rings (SSSR count). The summed E-state index contributed by atoms with van der Waals surface area (Å²) in [6.45, 7) is -2.39. The number of sulfonamides is 3. The van der Waals surface area contributed by atoms with Crippen molar-refractivity contribution in [1.29, 1.82) is 0 Å². The van der Waals surface area contributed by atoms with Crippen molar-refractivity contribution in [2.45, 2.75) is 0 Å². The molecule has 8 bridgehead atoms. The minimum atomic E-state index is -3.39. The Morgan fingerprint density at radius 1 is 0.444 bits per heavy atom. The van der Waals surface area contributed by atoms with Gasteiger partial charge in [0.1, 0.15) is 0 Å². The maximum absolute atomic E-state index is 10.1. The third-order valence-corrected chi connectivity index (χ3v) is 11.4. The van der Waals surface area contributed by atoms with Gasteiger partial charge in [-0.15, -0.1) is 9.32 Å². The molecule has 0 fully saturated rings. The first-order valence-corrected chi connectivity index (χ1v) is 28.0. The van der Waals surface area contributed by atoms with Crippen LogP contribution in [-0.2, 0) is 75.6 Å². The summed E-state index contributed by atoms with van der Waals surface area (Å²) in [7, 11) is -10.2. The summed E-state index contributed by atoms with van der Waals surface area (Å²) in [6, 6.07) is 31.8. The van der Waals surface area contributed by atoms with Crippen LogP contribution in [0.5, 0.6) is 0 Å². The molecule has 28 nitrogen and oxygen atoms in total. The van der Waals surface area contributed by atoms with Gasteiger partial charge in [0.05, 0.1) is 92.1 Å². The Labute approximate surface area is 648 Å². The normalized spacial score (nSPS) is 10.7. The van der Waals surface area contributed by atoms with Gasteiger partial charge < -0.3 is 69.5 Å². The maximum atomic E-state index is 10.1. The molecule has 5 heterocycles. The smallest absolute Gasteiger partial charge is 0.549 e. The molecule has 1 radical (unpaired) electrons. The molecule has 3 aromatic heterocycles. The van der Waals surface area contributed by atoms with Crippen LogP contribution in [0.1, 0.15) is 0 Å². The van der Waals surface area contributed by atoms with Gasteiger partial charge in [0.2, 0.25) is 30.1 Å². The van der Waals surface area contributed by atoms with Gasteiger partial charge in [-0.3, -0.25) is 0 Å². The molecule has 4 aromatic carbocycles. The van der Waals surface area contributed by atoms with Crippen molar-refractivity contribution in [2.75, 3.05) is 51.2 Å². The van der Waals surface area contributed by atoms with E-state index in [9.17, 15) is 64.9 Å². The monoisotopic (exact) mass is 1340 g/mol. The molecule has 0 spiro atoms. The summed E-state index contributed by atoms with van der Waals surface area (Å²) in [6.07, 6.45) is 4.24. The molecule has 0 atom stereocenters. The zero-order valence-corrected chi connectivity index (χ0v) is 60.8. The minimum absolute atomic E-state index is 0. The number of carboxylic acid groups (broad SMARTS) is 4. The summed E-state index contributed by atoms with van der Waals surface area (Å²) in [5.41, 5.74) is 7.76. The Morgan fingerprint density at radius 2 is 0.679 bits per heavy atom. The average Bonchev–Trinajstić information content (AvgIpc) is 4.10. The molecule has 0 amide bonds. The predicted molar refractivity (Wildman–Crippen MR) is 266 cm³/mol. The van der Waals surface area contributed by atoms with Crippen LogP contribution >= 0.6 is 12.0 Å². The number of fused-ring (bicyclic) bond motifs is 20.